The zero-order valence-electron chi connectivity index (χ0n) is 10.8. The summed E-state index contributed by atoms with van der Waals surface area (Å²) in [6.07, 6.45) is 3.94. The van der Waals surface area contributed by atoms with E-state index in [2.05, 4.69) is 20.4 Å². The van der Waals surface area contributed by atoms with Crippen molar-refractivity contribution in [2.45, 2.75) is 20.3 Å². The minimum Gasteiger partial charge on any atom is -0.341 e. The van der Waals surface area contributed by atoms with Crippen LogP contribution < -0.4 is 0 Å². The molecule has 0 saturated carbocycles. The predicted octanol–water partition coefficient (Wildman–Crippen LogP) is 1.06. The predicted molar refractivity (Wildman–Crippen MR) is 67.3 cm³/mol. The van der Waals surface area contributed by atoms with E-state index >= 15 is 0 Å². The van der Waals surface area contributed by atoms with E-state index in [1.165, 1.54) is 11.8 Å². The number of nitrogens with zero attached hydrogens (tertiary/aromatic N) is 3. The summed E-state index contributed by atoms with van der Waals surface area (Å²) in [5, 5.41) is 13.5. The van der Waals surface area contributed by atoms with Gasteiger partial charge in [-0.1, -0.05) is 0 Å². The highest BCUT2D eigenvalue weighted by Crippen LogP contribution is 2.11. The number of hydrogen-bond donors (Lipinski definition) is 2. The van der Waals surface area contributed by atoms with Crippen LogP contribution in [0.2, 0.25) is 0 Å². The van der Waals surface area contributed by atoms with Crippen LogP contribution in [0.5, 0.6) is 0 Å². The fraction of sp³-hybridized carbons (Fsp3) is 0.417. The van der Waals surface area contributed by atoms with E-state index in [0.717, 1.165) is 17.8 Å². The van der Waals surface area contributed by atoms with Crippen LogP contribution in [-0.2, 0) is 6.42 Å². The summed E-state index contributed by atoms with van der Waals surface area (Å²) >= 11 is 0. The number of hydrogen-bond acceptors (Lipinski definition) is 3. The van der Waals surface area contributed by atoms with E-state index in [1.807, 2.05) is 13.8 Å². The number of aromatic nitrogens is 4. The fourth-order valence-electron chi connectivity index (χ4n) is 1.91. The van der Waals surface area contributed by atoms with Gasteiger partial charge < -0.3 is 4.90 Å². The maximum Gasteiger partial charge on any atom is 0.256 e. The molecule has 0 radical (unpaired) electrons. The summed E-state index contributed by atoms with van der Waals surface area (Å²) in [7, 11) is 1.79. The largest absolute Gasteiger partial charge is 0.341 e. The van der Waals surface area contributed by atoms with Crippen molar-refractivity contribution in [2.75, 3.05) is 13.6 Å². The number of nitrogens with one attached hydrogen (secondary N) is 2. The van der Waals surface area contributed by atoms with Gasteiger partial charge in [-0.25, -0.2) is 0 Å². The fourth-order valence-corrected chi connectivity index (χ4v) is 1.91. The molecule has 2 aromatic heterocycles. The van der Waals surface area contributed by atoms with Crippen molar-refractivity contribution in [3.05, 3.63) is 34.9 Å². The van der Waals surface area contributed by atoms with Gasteiger partial charge in [-0.3, -0.25) is 15.0 Å². The molecule has 0 aliphatic carbocycles. The molecule has 6 heteroatoms. The molecule has 2 N–H and O–H groups in total. The third-order valence-corrected chi connectivity index (χ3v) is 3.07. The lowest BCUT2D eigenvalue weighted by molar-refractivity contribution is 0.0796. The normalized spacial score (nSPS) is 10.6. The van der Waals surface area contributed by atoms with Gasteiger partial charge in [0.2, 0.25) is 0 Å². The smallest absolute Gasteiger partial charge is 0.256 e. The van der Waals surface area contributed by atoms with Gasteiger partial charge in [-0.2, -0.15) is 10.2 Å². The molecule has 0 unspecified atom stereocenters. The molecular formula is C12H17N5O. The standard InChI is InChI=1S/C12H17N5O/c1-8-11(9(2)16-15-8)4-5-17(3)12(18)10-6-13-14-7-10/h6-7H,4-5H2,1-3H3,(H,13,14)(H,15,16). The monoisotopic (exact) mass is 247 g/mol. The number of H-pyrrole nitrogens is 2. The molecule has 6 nitrogen and oxygen atoms in total. The highest BCUT2D eigenvalue weighted by molar-refractivity contribution is 5.93. The van der Waals surface area contributed by atoms with E-state index in [-0.39, 0.29) is 5.91 Å². The minimum absolute atomic E-state index is 0.0254. The lowest BCUT2D eigenvalue weighted by Gasteiger charge is -2.16. The summed E-state index contributed by atoms with van der Waals surface area (Å²) in [4.78, 5) is 13.7. The van der Waals surface area contributed by atoms with Crippen molar-refractivity contribution in [3.63, 3.8) is 0 Å². The van der Waals surface area contributed by atoms with Crippen LogP contribution in [-0.4, -0.2) is 44.8 Å². The van der Waals surface area contributed by atoms with Gasteiger partial charge in [0, 0.05) is 25.5 Å². The second kappa shape index (κ2) is 5.03. The van der Waals surface area contributed by atoms with Crippen LogP contribution >= 0.6 is 0 Å². The highest BCUT2D eigenvalue weighted by Gasteiger charge is 2.14. The molecule has 0 spiro atoms. The first-order valence-corrected chi connectivity index (χ1v) is 5.84. The first-order chi connectivity index (χ1) is 8.59. The van der Waals surface area contributed by atoms with Crippen molar-refractivity contribution >= 4 is 5.91 Å². The van der Waals surface area contributed by atoms with E-state index in [0.29, 0.717) is 12.1 Å². The molecule has 96 valence electrons. The number of aromatic amines is 2. The Kier molecular flexibility index (Phi) is 3.45. The summed E-state index contributed by atoms with van der Waals surface area (Å²) in [6, 6.07) is 0. The highest BCUT2D eigenvalue weighted by atomic mass is 16.2. The Bertz CT molecular complexity index is 509. The summed E-state index contributed by atoms with van der Waals surface area (Å²) in [6.45, 7) is 4.62. The number of aryl methyl sites for hydroxylation is 2. The maximum absolute atomic E-state index is 12.0. The molecule has 0 aromatic carbocycles. The second-order valence-electron chi connectivity index (χ2n) is 4.38. The Morgan fingerprint density at radius 3 is 2.78 bits per heavy atom. The van der Waals surface area contributed by atoms with Crippen molar-refractivity contribution < 1.29 is 4.79 Å². The topological polar surface area (TPSA) is 77.7 Å². The van der Waals surface area contributed by atoms with E-state index in [1.54, 1.807) is 18.1 Å². The van der Waals surface area contributed by atoms with Crippen LogP contribution in [0, 0.1) is 13.8 Å². The molecule has 0 atom stereocenters. The van der Waals surface area contributed by atoms with Gasteiger partial charge in [0.25, 0.3) is 5.91 Å². The average Bonchev–Trinajstić information content (AvgIpc) is 2.97. The molecule has 1 amide bonds. The van der Waals surface area contributed by atoms with Crippen molar-refractivity contribution in [1.82, 2.24) is 25.3 Å². The Balaban J connectivity index is 1.97. The molecule has 18 heavy (non-hydrogen) atoms. The summed E-state index contributed by atoms with van der Waals surface area (Å²) < 4.78 is 0. The van der Waals surface area contributed by atoms with Crippen LogP contribution in [0.15, 0.2) is 12.4 Å². The van der Waals surface area contributed by atoms with Gasteiger partial charge in [-0.05, 0) is 25.8 Å². The molecule has 2 rings (SSSR count). The first kappa shape index (κ1) is 12.3. The molecule has 2 heterocycles. The van der Waals surface area contributed by atoms with Crippen molar-refractivity contribution in [2.24, 2.45) is 0 Å². The Hall–Kier alpha value is -2.11. The number of likely N-dealkylation sites (N-methyl/N-ethyl adjacent to an activating group) is 1. The maximum atomic E-state index is 12.0. The zero-order chi connectivity index (χ0) is 13.1. The van der Waals surface area contributed by atoms with Crippen LogP contribution in [0.1, 0.15) is 27.3 Å². The first-order valence-electron chi connectivity index (χ1n) is 5.84. The van der Waals surface area contributed by atoms with Crippen LogP contribution in [0.25, 0.3) is 0 Å². The number of carbonyl (C=O) groups excluding carboxylic acids is 1. The molecule has 2 aromatic rings. The van der Waals surface area contributed by atoms with Gasteiger partial charge in [0.1, 0.15) is 0 Å². The van der Waals surface area contributed by atoms with E-state index < -0.39 is 0 Å². The molecule has 0 saturated heterocycles. The Labute approximate surface area is 105 Å². The molecule has 0 aliphatic heterocycles. The summed E-state index contributed by atoms with van der Waals surface area (Å²) in [5.74, 6) is -0.0254. The van der Waals surface area contributed by atoms with Gasteiger partial charge in [-0.15, -0.1) is 0 Å². The lowest BCUT2D eigenvalue weighted by Crippen LogP contribution is -2.28. The second-order valence-corrected chi connectivity index (χ2v) is 4.38. The quantitative estimate of drug-likeness (QED) is 0.848. The third kappa shape index (κ3) is 2.42. The lowest BCUT2D eigenvalue weighted by atomic mass is 10.1. The van der Waals surface area contributed by atoms with Crippen molar-refractivity contribution in [1.29, 1.82) is 0 Å². The molecular weight excluding hydrogens is 230 g/mol. The van der Waals surface area contributed by atoms with Gasteiger partial charge in [0.05, 0.1) is 17.5 Å². The summed E-state index contributed by atoms with van der Waals surface area (Å²) in [5.41, 5.74) is 3.83. The van der Waals surface area contributed by atoms with Crippen LogP contribution in [0.3, 0.4) is 0 Å². The van der Waals surface area contributed by atoms with E-state index in [4.69, 9.17) is 0 Å². The minimum atomic E-state index is -0.0254. The van der Waals surface area contributed by atoms with Crippen molar-refractivity contribution in [3.8, 4) is 0 Å². The zero-order valence-corrected chi connectivity index (χ0v) is 10.8. The number of rotatable bonds is 4. The average molecular weight is 247 g/mol. The number of carbonyl (C=O) groups is 1. The Morgan fingerprint density at radius 2 is 2.22 bits per heavy atom. The third-order valence-electron chi connectivity index (χ3n) is 3.07. The molecule has 0 aliphatic rings. The Morgan fingerprint density at radius 1 is 1.44 bits per heavy atom. The van der Waals surface area contributed by atoms with Crippen LogP contribution in [0.4, 0.5) is 0 Å². The molecule has 0 fully saturated rings. The molecule has 0 bridgehead atoms. The van der Waals surface area contributed by atoms with Gasteiger partial charge >= 0.3 is 0 Å². The van der Waals surface area contributed by atoms with Gasteiger partial charge in [0.15, 0.2) is 0 Å². The SMILES string of the molecule is Cc1n[nH]c(C)c1CCN(C)C(=O)c1cn[nH]c1. The number of amides is 1. The van der Waals surface area contributed by atoms with E-state index in [9.17, 15) is 4.79 Å².